The standard InChI is InChI=1S/C20H24N2O3/c23-13-18(20(25)21-17-7-3-4-8-17)22-19(24)12-14-9-10-15-5-1-2-6-16(15)11-14/h1-2,5-6,9-11,17-18,23H,3-4,7-8,12-13H2,(H,21,25)(H,22,24)/t18-/m0/s1. The van der Waals surface area contributed by atoms with Crippen LogP contribution in [0.4, 0.5) is 0 Å². The van der Waals surface area contributed by atoms with Crippen molar-refractivity contribution < 1.29 is 14.7 Å². The summed E-state index contributed by atoms with van der Waals surface area (Å²) < 4.78 is 0. The Balaban J connectivity index is 1.58. The fourth-order valence-electron chi connectivity index (χ4n) is 3.35. The van der Waals surface area contributed by atoms with Gasteiger partial charge >= 0.3 is 0 Å². The second kappa shape index (κ2) is 8.12. The molecule has 25 heavy (non-hydrogen) atoms. The topological polar surface area (TPSA) is 78.4 Å². The molecule has 5 heteroatoms. The summed E-state index contributed by atoms with van der Waals surface area (Å²) in [5.74, 6) is -0.572. The van der Waals surface area contributed by atoms with E-state index in [1.807, 2.05) is 42.5 Å². The van der Waals surface area contributed by atoms with E-state index >= 15 is 0 Å². The van der Waals surface area contributed by atoms with Crippen molar-refractivity contribution in [2.45, 2.75) is 44.2 Å². The lowest BCUT2D eigenvalue weighted by atomic mass is 10.0. The number of carbonyl (C=O) groups is 2. The van der Waals surface area contributed by atoms with Crippen molar-refractivity contribution >= 4 is 22.6 Å². The lowest BCUT2D eigenvalue weighted by molar-refractivity contribution is -0.130. The summed E-state index contributed by atoms with van der Waals surface area (Å²) in [6.45, 7) is -0.401. The van der Waals surface area contributed by atoms with Gasteiger partial charge in [0.15, 0.2) is 0 Å². The molecule has 0 bridgehead atoms. The molecule has 1 aliphatic carbocycles. The van der Waals surface area contributed by atoms with Gasteiger partial charge in [0, 0.05) is 6.04 Å². The largest absolute Gasteiger partial charge is 0.394 e. The Labute approximate surface area is 147 Å². The van der Waals surface area contributed by atoms with Gasteiger partial charge in [0.05, 0.1) is 13.0 Å². The fourth-order valence-corrected chi connectivity index (χ4v) is 3.35. The summed E-state index contributed by atoms with van der Waals surface area (Å²) in [6, 6.07) is 13.1. The highest BCUT2D eigenvalue weighted by molar-refractivity contribution is 5.89. The van der Waals surface area contributed by atoms with E-state index in [-0.39, 0.29) is 24.3 Å². The number of aliphatic hydroxyl groups excluding tert-OH is 1. The van der Waals surface area contributed by atoms with Crippen molar-refractivity contribution in [1.29, 1.82) is 0 Å². The van der Waals surface area contributed by atoms with Crippen LogP contribution in [-0.4, -0.2) is 35.6 Å². The van der Waals surface area contributed by atoms with Gasteiger partial charge in [0.25, 0.3) is 0 Å². The Morgan fingerprint density at radius 1 is 1.08 bits per heavy atom. The molecule has 2 aromatic carbocycles. The van der Waals surface area contributed by atoms with Crippen LogP contribution in [0.5, 0.6) is 0 Å². The Hall–Kier alpha value is -2.40. The Morgan fingerprint density at radius 3 is 2.52 bits per heavy atom. The molecule has 1 fully saturated rings. The van der Waals surface area contributed by atoms with Gasteiger partial charge in [-0.15, -0.1) is 0 Å². The molecule has 0 unspecified atom stereocenters. The van der Waals surface area contributed by atoms with Gasteiger partial charge < -0.3 is 15.7 Å². The van der Waals surface area contributed by atoms with Gasteiger partial charge in [-0.05, 0) is 29.2 Å². The highest BCUT2D eigenvalue weighted by Crippen LogP contribution is 2.18. The van der Waals surface area contributed by atoms with E-state index in [1.54, 1.807) is 0 Å². The van der Waals surface area contributed by atoms with Crippen LogP contribution in [0.2, 0.25) is 0 Å². The van der Waals surface area contributed by atoms with Crippen LogP contribution in [-0.2, 0) is 16.0 Å². The first-order valence-electron chi connectivity index (χ1n) is 8.84. The summed E-state index contributed by atoms with van der Waals surface area (Å²) >= 11 is 0. The van der Waals surface area contributed by atoms with Gasteiger partial charge in [-0.1, -0.05) is 55.3 Å². The highest BCUT2D eigenvalue weighted by atomic mass is 16.3. The van der Waals surface area contributed by atoms with Crippen molar-refractivity contribution in [3.05, 3.63) is 48.0 Å². The maximum Gasteiger partial charge on any atom is 0.245 e. The average Bonchev–Trinajstić information content (AvgIpc) is 3.12. The zero-order chi connectivity index (χ0) is 17.6. The first-order valence-corrected chi connectivity index (χ1v) is 8.84. The molecule has 0 spiro atoms. The Morgan fingerprint density at radius 2 is 1.80 bits per heavy atom. The normalized spacial score (nSPS) is 15.9. The fraction of sp³-hybridized carbons (Fsp3) is 0.400. The molecule has 3 rings (SSSR count). The smallest absolute Gasteiger partial charge is 0.245 e. The lowest BCUT2D eigenvalue weighted by Gasteiger charge is -2.19. The minimum atomic E-state index is -0.895. The molecule has 1 aliphatic rings. The van der Waals surface area contributed by atoms with Crippen LogP contribution in [0, 0.1) is 0 Å². The Kier molecular flexibility index (Phi) is 5.66. The Bertz CT molecular complexity index is 753. The van der Waals surface area contributed by atoms with Crippen molar-refractivity contribution in [1.82, 2.24) is 10.6 Å². The summed E-state index contributed by atoms with van der Waals surface area (Å²) in [4.78, 5) is 24.5. The number of amides is 2. The van der Waals surface area contributed by atoms with E-state index in [1.165, 1.54) is 0 Å². The lowest BCUT2D eigenvalue weighted by Crippen LogP contribution is -2.51. The second-order valence-corrected chi connectivity index (χ2v) is 6.65. The number of hydrogen-bond acceptors (Lipinski definition) is 3. The SMILES string of the molecule is O=C(Cc1ccc2ccccc2c1)N[C@@H](CO)C(=O)NC1CCCC1. The van der Waals surface area contributed by atoms with Crippen molar-refractivity contribution in [2.75, 3.05) is 6.61 Å². The van der Waals surface area contributed by atoms with E-state index in [4.69, 9.17) is 0 Å². The first-order chi connectivity index (χ1) is 12.2. The molecule has 1 atom stereocenters. The molecule has 0 aromatic heterocycles. The number of hydrogen-bond donors (Lipinski definition) is 3. The molecule has 3 N–H and O–H groups in total. The van der Waals surface area contributed by atoms with Gasteiger partial charge in [0.2, 0.25) is 11.8 Å². The van der Waals surface area contributed by atoms with E-state index < -0.39 is 12.6 Å². The minimum Gasteiger partial charge on any atom is -0.394 e. The van der Waals surface area contributed by atoms with Crippen LogP contribution < -0.4 is 10.6 Å². The number of benzene rings is 2. The monoisotopic (exact) mass is 340 g/mol. The number of nitrogens with one attached hydrogen (secondary N) is 2. The van der Waals surface area contributed by atoms with Crippen molar-refractivity contribution in [2.24, 2.45) is 0 Å². The number of aliphatic hydroxyl groups is 1. The average molecular weight is 340 g/mol. The van der Waals surface area contributed by atoms with Crippen LogP contribution in [0.15, 0.2) is 42.5 Å². The van der Waals surface area contributed by atoms with Gasteiger partial charge in [-0.3, -0.25) is 9.59 Å². The third-order valence-electron chi connectivity index (χ3n) is 4.71. The molecule has 2 aromatic rings. The minimum absolute atomic E-state index is 0.166. The van der Waals surface area contributed by atoms with E-state index in [0.717, 1.165) is 42.0 Å². The second-order valence-electron chi connectivity index (χ2n) is 6.65. The maximum atomic E-state index is 12.3. The first kappa shape index (κ1) is 17.4. The zero-order valence-corrected chi connectivity index (χ0v) is 14.2. The van der Waals surface area contributed by atoms with Gasteiger partial charge in [-0.25, -0.2) is 0 Å². The van der Waals surface area contributed by atoms with Crippen molar-refractivity contribution in [3.63, 3.8) is 0 Å². The molecule has 2 amide bonds. The third-order valence-corrected chi connectivity index (χ3v) is 4.71. The third kappa shape index (κ3) is 4.57. The maximum absolute atomic E-state index is 12.3. The quantitative estimate of drug-likeness (QED) is 0.752. The highest BCUT2D eigenvalue weighted by Gasteiger charge is 2.24. The molecule has 0 aliphatic heterocycles. The van der Waals surface area contributed by atoms with Crippen LogP contribution in [0.3, 0.4) is 0 Å². The number of carbonyl (C=O) groups excluding carboxylic acids is 2. The zero-order valence-electron chi connectivity index (χ0n) is 14.2. The van der Waals surface area contributed by atoms with Crippen molar-refractivity contribution in [3.8, 4) is 0 Å². The summed E-state index contributed by atoms with van der Waals surface area (Å²) in [5.41, 5.74) is 0.879. The summed E-state index contributed by atoms with van der Waals surface area (Å²) in [5, 5.41) is 17.2. The van der Waals surface area contributed by atoms with Crippen LogP contribution in [0.25, 0.3) is 10.8 Å². The van der Waals surface area contributed by atoms with E-state index in [9.17, 15) is 14.7 Å². The predicted molar refractivity (Wildman–Crippen MR) is 97.1 cm³/mol. The number of fused-ring (bicyclic) bond motifs is 1. The van der Waals surface area contributed by atoms with Crippen LogP contribution in [0.1, 0.15) is 31.2 Å². The van der Waals surface area contributed by atoms with E-state index in [0.29, 0.717) is 0 Å². The predicted octanol–water partition coefficient (Wildman–Crippen LogP) is 1.92. The van der Waals surface area contributed by atoms with Gasteiger partial charge in [-0.2, -0.15) is 0 Å². The molecule has 0 radical (unpaired) electrons. The molecule has 1 saturated carbocycles. The molecule has 0 saturated heterocycles. The van der Waals surface area contributed by atoms with Gasteiger partial charge in [0.1, 0.15) is 6.04 Å². The molecule has 132 valence electrons. The summed E-state index contributed by atoms with van der Waals surface area (Å²) in [7, 11) is 0. The molecular weight excluding hydrogens is 316 g/mol. The number of rotatable bonds is 6. The molecular formula is C20H24N2O3. The molecule has 5 nitrogen and oxygen atoms in total. The van der Waals surface area contributed by atoms with Crippen LogP contribution >= 0.6 is 0 Å². The van der Waals surface area contributed by atoms with E-state index in [2.05, 4.69) is 10.6 Å². The summed E-state index contributed by atoms with van der Waals surface area (Å²) in [6.07, 6.45) is 4.34. The molecule has 0 heterocycles.